The highest BCUT2D eigenvalue weighted by atomic mass is 16.2. The van der Waals surface area contributed by atoms with Crippen molar-refractivity contribution in [2.45, 2.75) is 26.8 Å². The van der Waals surface area contributed by atoms with Crippen molar-refractivity contribution in [1.82, 2.24) is 9.80 Å². The molecule has 0 bridgehead atoms. The molecule has 2 amide bonds. The second-order valence-electron chi connectivity index (χ2n) is 3.64. The smallest absolute Gasteiger partial charge is 0.245 e. The Morgan fingerprint density at radius 1 is 1.33 bits per heavy atom. The van der Waals surface area contributed by atoms with Gasteiger partial charge in [0.05, 0.1) is 0 Å². The molecule has 0 saturated carbocycles. The molecule has 86 valence electrons. The standard InChI is InChI=1S/C11H20N2O2/c1-6-13(10(3)14)9(2)7-8-11(15)12(4)5/h7-9H,6H2,1-5H3/b8-7+. The summed E-state index contributed by atoms with van der Waals surface area (Å²) in [5.74, 6) is -0.0478. The molecule has 0 radical (unpaired) electrons. The molecule has 0 aliphatic heterocycles. The molecule has 0 aliphatic carbocycles. The number of amides is 2. The Bertz CT molecular complexity index is 259. The molecule has 1 unspecified atom stereocenters. The van der Waals surface area contributed by atoms with Gasteiger partial charge in [-0.15, -0.1) is 0 Å². The van der Waals surface area contributed by atoms with E-state index in [1.807, 2.05) is 13.8 Å². The van der Waals surface area contributed by atoms with Gasteiger partial charge < -0.3 is 9.80 Å². The van der Waals surface area contributed by atoms with Crippen LogP contribution in [0.25, 0.3) is 0 Å². The summed E-state index contributed by atoms with van der Waals surface area (Å²) in [7, 11) is 3.39. The van der Waals surface area contributed by atoms with Crippen LogP contribution in [0.2, 0.25) is 0 Å². The largest absolute Gasteiger partial charge is 0.345 e. The summed E-state index contributed by atoms with van der Waals surface area (Å²) in [4.78, 5) is 25.6. The number of nitrogens with zero attached hydrogens (tertiary/aromatic N) is 2. The van der Waals surface area contributed by atoms with Crippen LogP contribution >= 0.6 is 0 Å². The number of hydrogen-bond acceptors (Lipinski definition) is 2. The SMILES string of the molecule is CCN(C(C)=O)C(C)/C=C/C(=O)N(C)C. The van der Waals surface area contributed by atoms with E-state index in [1.165, 1.54) is 17.9 Å². The minimum Gasteiger partial charge on any atom is -0.345 e. The Morgan fingerprint density at radius 2 is 1.87 bits per heavy atom. The normalized spacial score (nSPS) is 12.6. The molecule has 0 aromatic carbocycles. The van der Waals surface area contributed by atoms with Gasteiger partial charge in [0, 0.05) is 39.7 Å². The van der Waals surface area contributed by atoms with Gasteiger partial charge in [0.2, 0.25) is 11.8 Å². The van der Waals surface area contributed by atoms with Crippen molar-refractivity contribution in [3.63, 3.8) is 0 Å². The van der Waals surface area contributed by atoms with Crippen LogP contribution in [0.3, 0.4) is 0 Å². The maximum absolute atomic E-state index is 11.3. The molecule has 0 aromatic heterocycles. The van der Waals surface area contributed by atoms with Gasteiger partial charge in [-0.25, -0.2) is 0 Å². The fourth-order valence-corrected chi connectivity index (χ4v) is 1.27. The summed E-state index contributed by atoms with van der Waals surface area (Å²) < 4.78 is 0. The average Bonchev–Trinajstić information content (AvgIpc) is 2.14. The number of likely N-dealkylation sites (N-methyl/N-ethyl adjacent to an activating group) is 2. The van der Waals surface area contributed by atoms with Crippen molar-refractivity contribution in [2.75, 3.05) is 20.6 Å². The molecule has 15 heavy (non-hydrogen) atoms. The highest BCUT2D eigenvalue weighted by Gasteiger charge is 2.11. The summed E-state index contributed by atoms with van der Waals surface area (Å²) in [6, 6.07) is -0.0450. The minimum absolute atomic E-state index is 0.0203. The van der Waals surface area contributed by atoms with Gasteiger partial charge in [-0.3, -0.25) is 9.59 Å². The van der Waals surface area contributed by atoms with E-state index in [0.29, 0.717) is 6.54 Å². The van der Waals surface area contributed by atoms with Gasteiger partial charge in [0.15, 0.2) is 0 Å². The summed E-state index contributed by atoms with van der Waals surface area (Å²) in [5, 5.41) is 0. The van der Waals surface area contributed by atoms with E-state index in [2.05, 4.69) is 0 Å². The van der Waals surface area contributed by atoms with Gasteiger partial charge in [-0.05, 0) is 13.8 Å². The topological polar surface area (TPSA) is 40.6 Å². The fourth-order valence-electron chi connectivity index (χ4n) is 1.27. The maximum Gasteiger partial charge on any atom is 0.245 e. The molecule has 0 aromatic rings. The first-order valence-corrected chi connectivity index (χ1v) is 5.06. The monoisotopic (exact) mass is 212 g/mol. The van der Waals surface area contributed by atoms with Gasteiger partial charge in [-0.2, -0.15) is 0 Å². The van der Waals surface area contributed by atoms with Gasteiger partial charge >= 0.3 is 0 Å². The summed E-state index contributed by atoms with van der Waals surface area (Å²) in [5.41, 5.74) is 0. The number of hydrogen-bond donors (Lipinski definition) is 0. The third kappa shape index (κ3) is 4.63. The first-order chi connectivity index (χ1) is 6.90. The molecule has 0 saturated heterocycles. The lowest BCUT2D eigenvalue weighted by molar-refractivity contribution is -0.130. The fraction of sp³-hybridized carbons (Fsp3) is 0.636. The Kier molecular flexibility index (Phi) is 5.67. The van der Waals surface area contributed by atoms with E-state index < -0.39 is 0 Å². The molecule has 0 heterocycles. The molecule has 0 fully saturated rings. The lowest BCUT2D eigenvalue weighted by Gasteiger charge is -2.24. The predicted molar refractivity (Wildman–Crippen MR) is 60.4 cm³/mol. The predicted octanol–water partition coefficient (Wildman–Crippen LogP) is 0.888. The Hall–Kier alpha value is -1.32. The van der Waals surface area contributed by atoms with Crippen molar-refractivity contribution in [2.24, 2.45) is 0 Å². The van der Waals surface area contributed by atoms with Crippen LogP contribution in [0, 0.1) is 0 Å². The van der Waals surface area contributed by atoms with Crippen molar-refractivity contribution in [3.05, 3.63) is 12.2 Å². The highest BCUT2D eigenvalue weighted by Crippen LogP contribution is 2.01. The van der Waals surface area contributed by atoms with Gasteiger partial charge in [0.25, 0.3) is 0 Å². The molecule has 0 spiro atoms. The second-order valence-corrected chi connectivity index (χ2v) is 3.64. The Morgan fingerprint density at radius 3 is 2.20 bits per heavy atom. The first kappa shape index (κ1) is 13.7. The molecule has 0 N–H and O–H groups in total. The maximum atomic E-state index is 11.3. The van der Waals surface area contributed by atoms with E-state index in [1.54, 1.807) is 25.1 Å². The highest BCUT2D eigenvalue weighted by molar-refractivity contribution is 5.87. The van der Waals surface area contributed by atoms with E-state index >= 15 is 0 Å². The molecule has 4 heteroatoms. The summed E-state index contributed by atoms with van der Waals surface area (Å²) in [6.45, 7) is 5.99. The van der Waals surface area contributed by atoms with Crippen LogP contribution in [0.4, 0.5) is 0 Å². The third-order valence-electron chi connectivity index (χ3n) is 2.19. The van der Waals surface area contributed by atoms with Crippen molar-refractivity contribution < 1.29 is 9.59 Å². The molecule has 0 aliphatic rings. The zero-order valence-corrected chi connectivity index (χ0v) is 10.2. The number of carbonyl (C=O) groups is 2. The van der Waals surface area contributed by atoms with Crippen LogP contribution in [-0.4, -0.2) is 48.3 Å². The molecule has 0 rings (SSSR count). The summed E-state index contributed by atoms with van der Waals surface area (Å²) >= 11 is 0. The lowest BCUT2D eigenvalue weighted by atomic mass is 10.2. The lowest BCUT2D eigenvalue weighted by Crippen LogP contribution is -2.35. The van der Waals surface area contributed by atoms with Crippen LogP contribution in [0.15, 0.2) is 12.2 Å². The van der Waals surface area contributed by atoms with Crippen LogP contribution in [0.5, 0.6) is 0 Å². The van der Waals surface area contributed by atoms with E-state index in [4.69, 9.17) is 0 Å². The van der Waals surface area contributed by atoms with Crippen LogP contribution < -0.4 is 0 Å². The third-order valence-corrected chi connectivity index (χ3v) is 2.19. The number of rotatable bonds is 4. The van der Waals surface area contributed by atoms with Crippen molar-refractivity contribution in [3.8, 4) is 0 Å². The van der Waals surface area contributed by atoms with Crippen molar-refractivity contribution in [1.29, 1.82) is 0 Å². The first-order valence-electron chi connectivity index (χ1n) is 5.06. The van der Waals surface area contributed by atoms with Crippen LogP contribution in [0.1, 0.15) is 20.8 Å². The molecular formula is C11H20N2O2. The average molecular weight is 212 g/mol. The van der Waals surface area contributed by atoms with Crippen molar-refractivity contribution >= 4 is 11.8 Å². The van der Waals surface area contributed by atoms with E-state index in [0.717, 1.165) is 0 Å². The Labute approximate surface area is 91.5 Å². The minimum atomic E-state index is -0.0681. The molecular weight excluding hydrogens is 192 g/mol. The summed E-state index contributed by atoms with van der Waals surface area (Å²) in [6.07, 6.45) is 3.24. The van der Waals surface area contributed by atoms with Gasteiger partial charge in [-0.1, -0.05) is 6.08 Å². The quantitative estimate of drug-likeness (QED) is 0.649. The molecule has 1 atom stereocenters. The molecule has 4 nitrogen and oxygen atoms in total. The van der Waals surface area contributed by atoms with Crippen LogP contribution in [-0.2, 0) is 9.59 Å². The zero-order chi connectivity index (χ0) is 12.0. The van der Waals surface area contributed by atoms with E-state index in [-0.39, 0.29) is 17.9 Å². The second kappa shape index (κ2) is 6.22. The zero-order valence-electron chi connectivity index (χ0n) is 10.2. The van der Waals surface area contributed by atoms with Gasteiger partial charge in [0.1, 0.15) is 0 Å². The Balaban J connectivity index is 4.40. The van der Waals surface area contributed by atoms with E-state index in [9.17, 15) is 9.59 Å². The number of carbonyl (C=O) groups excluding carboxylic acids is 2.